The highest BCUT2D eigenvalue weighted by Crippen LogP contribution is 2.30. The highest BCUT2D eigenvalue weighted by atomic mass is 79.9. The van der Waals surface area contributed by atoms with Gasteiger partial charge in [0.25, 0.3) is 5.91 Å². The third kappa shape index (κ3) is 7.11. The Kier molecular flexibility index (Phi) is 9.40. The van der Waals surface area contributed by atoms with E-state index in [0.29, 0.717) is 40.4 Å². The Labute approximate surface area is 240 Å². The van der Waals surface area contributed by atoms with Crippen molar-refractivity contribution in [2.45, 2.75) is 37.8 Å². The summed E-state index contributed by atoms with van der Waals surface area (Å²) in [6.45, 7) is 3.30. The summed E-state index contributed by atoms with van der Waals surface area (Å²) in [5.74, 6) is -0.558. The van der Waals surface area contributed by atoms with Crippen LogP contribution in [0.15, 0.2) is 80.6 Å². The fraction of sp³-hybridized carbons (Fsp3) is 0.286. The van der Waals surface area contributed by atoms with Crippen LogP contribution in [-0.2, 0) is 27.9 Å². The highest BCUT2D eigenvalue weighted by molar-refractivity contribution is 9.11. The van der Waals surface area contributed by atoms with Crippen LogP contribution in [0.5, 0.6) is 0 Å². The molecule has 1 heterocycles. The number of carbonyl (C=O) groups excluding carboxylic acids is 2. The lowest BCUT2D eigenvalue weighted by atomic mass is 9.97. The van der Waals surface area contributed by atoms with Crippen molar-refractivity contribution in [1.82, 2.24) is 14.9 Å². The Morgan fingerprint density at radius 1 is 0.895 bits per heavy atom. The molecule has 7 nitrogen and oxygen atoms in total. The molecular weight excluding hydrogens is 634 g/mol. The van der Waals surface area contributed by atoms with Gasteiger partial charge in [0.1, 0.15) is 0 Å². The Morgan fingerprint density at radius 2 is 1.58 bits per heavy atom. The predicted octanol–water partition coefficient (Wildman–Crippen LogP) is 5.17. The average molecular weight is 663 g/mol. The van der Waals surface area contributed by atoms with Gasteiger partial charge in [0, 0.05) is 46.6 Å². The van der Waals surface area contributed by atoms with Crippen LogP contribution in [0.2, 0.25) is 0 Å². The minimum Gasteiger partial charge on any atom is -0.352 e. The lowest BCUT2D eigenvalue weighted by molar-refractivity contribution is -0.126. The van der Waals surface area contributed by atoms with Crippen LogP contribution in [0.1, 0.15) is 39.9 Å². The molecule has 0 unspecified atom stereocenters. The first kappa shape index (κ1) is 28.5. The van der Waals surface area contributed by atoms with E-state index in [2.05, 4.69) is 42.5 Å². The number of carbonyl (C=O) groups is 2. The van der Waals surface area contributed by atoms with Gasteiger partial charge in [-0.3, -0.25) is 9.59 Å². The second kappa shape index (κ2) is 12.5. The zero-order chi connectivity index (χ0) is 27.3. The van der Waals surface area contributed by atoms with Crippen molar-refractivity contribution >= 4 is 53.7 Å². The van der Waals surface area contributed by atoms with Crippen LogP contribution in [0.3, 0.4) is 0 Å². The molecule has 2 amide bonds. The largest absolute Gasteiger partial charge is 0.352 e. The topological polar surface area (TPSA) is 95.6 Å². The summed E-state index contributed by atoms with van der Waals surface area (Å²) in [6, 6.07) is 20.2. The van der Waals surface area contributed by atoms with E-state index in [4.69, 9.17) is 0 Å². The first-order valence-electron chi connectivity index (χ1n) is 12.3. The monoisotopic (exact) mass is 661 g/mol. The third-order valence-electron chi connectivity index (χ3n) is 6.57. The summed E-state index contributed by atoms with van der Waals surface area (Å²) < 4.78 is 28.9. The van der Waals surface area contributed by atoms with E-state index in [1.807, 2.05) is 37.3 Å². The minimum absolute atomic E-state index is 0.111. The number of nitrogens with zero attached hydrogens (tertiary/aromatic N) is 1. The van der Waals surface area contributed by atoms with Crippen molar-refractivity contribution in [2.24, 2.45) is 5.92 Å². The maximum absolute atomic E-state index is 13.1. The van der Waals surface area contributed by atoms with Crippen LogP contribution < -0.4 is 10.6 Å². The second-order valence-electron chi connectivity index (χ2n) is 9.34. The van der Waals surface area contributed by atoms with Crippen molar-refractivity contribution in [2.75, 3.05) is 13.1 Å². The van der Waals surface area contributed by atoms with Gasteiger partial charge in [-0.05, 0) is 77.2 Å². The van der Waals surface area contributed by atoms with Crippen molar-refractivity contribution in [3.63, 3.8) is 0 Å². The number of hydrogen-bond donors (Lipinski definition) is 2. The Bertz CT molecular complexity index is 1420. The molecule has 0 saturated carbocycles. The summed E-state index contributed by atoms with van der Waals surface area (Å²) in [5.41, 5.74) is 3.54. The van der Waals surface area contributed by atoms with Crippen molar-refractivity contribution in [3.05, 3.63) is 97.9 Å². The number of sulfonamides is 1. The summed E-state index contributed by atoms with van der Waals surface area (Å²) in [5, 5.41) is 5.87. The number of rotatable bonds is 8. The molecule has 1 fully saturated rings. The van der Waals surface area contributed by atoms with Crippen LogP contribution in [-0.4, -0.2) is 37.6 Å². The standard InChI is InChI=1S/C28H29Br2N3O4S/c1-19-5-7-20(8-6-19)17-31-28(35)23-4-2-3-21(15-23)18-32-27(34)22-11-13-33(14-12-22)38(36,37)26-16-24(29)9-10-25(26)30/h2-10,15-16,22H,11-14,17-18H2,1H3,(H,31,35)(H,32,34). The molecule has 0 atom stereocenters. The number of benzene rings is 3. The van der Waals surface area contributed by atoms with Gasteiger partial charge in [-0.15, -0.1) is 0 Å². The quantitative estimate of drug-likeness (QED) is 0.348. The maximum atomic E-state index is 13.1. The first-order valence-corrected chi connectivity index (χ1v) is 15.3. The van der Waals surface area contributed by atoms with E-state index < -0.39 is 10.0 Å². The van der Waals surface area contributed by atoms with Crippen molar-refractivity contribution in [1.29, 1.82) is 0 Å². The van der Waals surface area contributed by atoms with Gasteiger partial charge in [-0.25, -0.2) is 8.42 Å². The van der Waals surface area contributed by atoms with E-state index in [1.54, 1.807) is 36.4 Å². The zero-order valence-electron chi connectivity index (χ0n) is 20.9. The molecule has 3 aromatic carbocycles. The molecule has 0 aliphatic carbocycles. The summed E-state index contributed by atoms with van der Waals surface area (Å²) in [4.78, 5) is 25.7. The van der Waals surface area contributed by atoms with Crippen molar-refractivity contribution < 1.29 is 18.0 Å². The van der Waals surface area contributed by atoms with E-state index in [1.165, 1.54) is 9.87 Å². The molecule has 3 aromatic rings. The van der Waals surface area contributed by atoms with Crippen LogP contribution in [0.4, 0.5) is 0 Å². The van der Waals surface area contributed by atoms with Gasteiger partial charge in [0.05, 0.1) is 4.90 Å². The van der Waals surface area contributed by atoms with Crippen LogP contribution >= 0.6 is 31.9 Å². The van der Waals surface area contributed by atoms with Gasteiger partial charge in [0.2, 0.25) is 15.9 Å². The lowest BCUT2D eigenvalue weighted by Gasteiger charge is -2.30. The molecule has 0 bridgehead atoms. The number of aryl methyl sites for hydroxylation is 1. The molecule has 38 heavy (non-hydrogen) atoms. The molecular formula is C28H29Br2N3O4S. The molecule has 10 heteroatoms. The number of halogens is 2. The SMILES string of the molecule is Cc1ccc(CNC(=O)c2cccc(CNC(=O)C3CCN(S(=O)(=O)c4cc(Br)ccc4Br)CC3)c2)cc1. The molecule has 4 rings (SSSR count). The van der Waals surface area contributed by atoms with E-state index in [9.17, 15) is 18.0 Å². The molecule has 200 valence electrons. The fourth-order valence-electron chi connectivity index (χ4n) is 4.32. The fourth-order valence-corrected chi connectivity index (χ4v) is 7.25. The molecule has 2 N–H and O–H groups in total. The number of nitrogens with one attached hydrogen (secondary N) is 2. The van der Waals surface area contributed by atoms with E-state index >= 15 is 0 Å². The minimum atomic E-state index is -3.67. The van der Waals surface area contributed by atoms with Crippen LogP contribution in [0.25, 0.3) is 0 Å². The molecule has 0 radical (unpaired) electrons. The van der Waals surface area contributed by atoms with Crippen molar-refractivity contribution in [3.8, 4) is 0 Å². The number of hydrogen-bond acceptors (Lipinski definition) is 4. The molecule has 1 aliphatic heterocycles. The Hall–Kier alpha value is -2.53. The number of piperidine rings is 1. The maximum Gasteiger partial charge on any atom is 0.251 e. The smallest absolute Gasteiger partial charge is 0.251 e. The lowest BCUT2D eigenvalue weighted by Crippen LogP contribution is -2.43. The first-order chi connectivity index (χ1) is 18.1. The number of amides is 2. The molecule has 1 aliphatic rings. The summed E-state index contributed by atoms with van der Waals surface area (Å²) >= 11 is 6.66. The summed E-state index contributed by atoms with van der Waals surface area (Å²) in [6.07, 6.45) is 0.885. The third-order valence-corrected chi connectivity index (χ3v) is 9.95. The van der Waals surface area contributed by atoms with Gasteiger partial charge < -0.3 is 10.6 Å². The van der Waals surface area contributed by atoms with Gasteiger partial charge in [-0.2, -0.15) is 4.31 Å². The van der Waals surface area contributed by atoms with Gasteiger partial charge >= 0.3 is 0 Å². The molecule has 1 saturated heterocycles. The Balaban J connectivity index is 1.28. The predicted molar refractivity (Wildman–Crippen MR) is 154 cm³/mol. The van der Waals surface area contributed by atoms with Gasteiger partial charge in [0.15, 0.2) is 0 Å². The van der Waals surface area contributed by atoms with Crippen LogP contribution in [0, 0.1) is 12.8 Å². The van der Waals surface area contributed by atoms with E-state index in [-0.39, 0.29) is 35.7 Å². The molecule has 0 aromatic heterocycles. The Morgan fingerprint density at radius 3 is 2.29 bits per heavy atom. The molecule has 0 spiro atoms. The van der Waals surface area contributed by atoms with E-state index in [0.717, 1.165) is 11.1 Å². The summed E-state index contributed by atoms with van der Waals surface area (Å²) in [7, 11) is -3.67. The zero-order valence-corrected chi connectivity index (χ0v) is 24.9. The second-order valence-corrected chi connectivity index (χ2v) is 13.0. The highest BCUT2D eigenvalue weighted by Gasteiger charge is 2.33. The van der Waals surface area contributed by atoms with Gasteiger partial charge in [-0.1, -0.05) is 57.9 Å². The normalized spacial score (nSPS) is 14.7. The average Bonchev–Trinajstić information content (AvgIpc) is 2.92.